The Hall–Kier alpha value is -0.0575. The van der Waals surface area contributed by atoms with Crippen LogP contribution in [0, 0.1) is 0 Å². The molecule has 14 heavy (non-hydrogen) atoms. The van der Waals surface area contributed by atoms with Gasteiger partial charge in [-0.15, -0.1) is 0 Å². The van der Waals surface area contributed by atoms with E-state index in [1.54, 1.807) is 0 Å². The van der Waals surface area contributed by atoms with Gasteiger partial charge in [-0.1, -0.05) is 0 Å². The molecule has 0 bridgehead atoms. The van der Waals surface area contributed by atoms with Gasteiger partial charge in [0.05, 0.1) is 0 Å². The molecule has 0 heterocycles. The summed E-state index contributed by atoms with van der Waals surface area (Å²) < 4.78 is 0. The quantitative estimate of drug-likeness (QED) is 0.437. The molecule has 0 aliphatic carbocycles. The fraction of sp³-hybridized carbons (Fsp3) is 0.500. The van der Waals surface area contributed by atoms with Crippen molar-refractivity contribution in [1.29, 1.82) is 0 Å². The molecule has 0 aliphatic heterocycles. The van der Waals surface area contributed by atoms with Crippen LogP contribution in [0.25, 0.3) is 0 Å². The first-order valence-corrected chi connectivity index (χ1v) is 2.78. The minimum atomic E-state index is -0.833. The van der Waals surface area contributed by atoms with Crippen molar-refractivity contribution in [3.05, 3.63) is 0 Å². The summed E-state index contributed by atoms with van der Waals surface area (Å²) in [6.45, 7) is 3.25. The molecule has 3 N–H and O–H groups in total. The van der Waals surface area contributed by atoms with E-state index in [9.17, 15) is 0 Å². The van der Waals surface area contributed by atoms with Gasteiger partial charge in [-0.25, -0.2) is 0 Å². The van der Waals surface area contributed by atoms with Crippen molar-refractivity contribution < 1.29 is 29.7 Å². The molecule has 0 atom stereocenters. The normalized spacial score (nSPS) is 5.36. The van der Waals surface area contributed by atoms with Crippen LogP contribution in [0.2, 0.25) is 0 Å². The van der Waals surface area contributed by atoms with Crippen LogP contribution in [0.15, 0.2) is 0 Å². The number of aliphatic carboxylic acids is 3. The second kappa shape index (κ2) is 23.1. The zero-order valence-electron chi connectivity index (χ0n) is 7.07. The van der Waals surface area contributed by atoms with Crippen molar-refractivity contribution in [1.82, 2.24) is 0 Å². The van der Waals surface area contributed by atoms with Gasteiger partial charge >= 0.3 is 29.6 Å². The van der Waals surface area contributed by atoms with Gasteiger partial charge in [-0.3, -0.25) is 14.4 Å². The van der Waals surface area contributed by atoms with Crippen molar-refractivity contribution in [2.45, 2.75) is 20.8 Å². The summed E-state index contributed by atoms with van der Waals surface area (Å²) in [6.07, 6.45) is 0. The van der Waals surface area contributed by atoms with E-state index in [1.807, 2.05) is 0 Å². The molecule has 80 valence electrons. The van der Waals surface area contributed by atoms with Gasteiger partial charge in [0, 0.05) is 20.8 Å². The molecule has 0 rings (SSSR count). The van der Waals surface area contributed by atoms with Gasteiger partial charge in [-0.05, 0) is 0 Å². The summed E-state index contributed by atoms with van der Waals surface area (Å²) in [5, 5.41) is 22.2. The summed E-state index contributed by atoms with van der Waals surface area (Å²) >= 11 is 0. The zero-order chi connectivity index (χ0) is 10.7. The van der Waals surface area contributed by atoms with E-state index in [-0.39, 0.29) is 46.9 Å². The summed E-state index contributed by atoms with van der Waals surface area (Å²) in [5.41, 5.74) is 0. The summed E-state index contributed by atoms with van der Waals surface area (Å²) in [6, 6.07) is 0. The summed E-state index contributed by atoms with van der Waals surface area (Å²) in [4.78, 5) is 27.0. The van der Waals surface area contributed by atoms with Crippen LogP contribution in [-0.4, -0.2) is 80.1 Å². The van der Waals surface area contributed by atoms with Crippen molar-refractivity contribution in [3.63, 3.8) is 0 Å². The van der Waals surface area contributed by atoms with E-state index in [0.29, 0.717) is 0 Å². The zero-order valence-corrected chi connectivity index (χ0v) is 7.07. The van der Waals surface area contributed by atoms with Crippen molar-refractivity contribution in [3.8, 4) is 0 Å². The standard InChI is InChI=1S/3C2H4O2.Al.Na.4H/c3*1-2(3)4;;;;;;/h3*1H3,(H,3,4);;;;;;. The molecule has 0 aromatic rings. The third-order valence-electron chi connectivity index (χ3n) is 0. The predicted molar refractivity (Wildman–Crippen MR) is 57.0 cm³/mol. The average molecular weight is 234 g/mol. The topological polar surface area (TPSA) is 112 Å². The van der Waals surface area contributed by atoms with Gasteiger partial charge in [0.2, 0.25) is 0 Å². The molecule has 0 aliphatic rings. The van der Waals surface area contributed by atoms with E-state index in [0.717, 1.165) is 20.8 Å². The van der Waals surface area contributed by atoms with E-state index < -0.39 is 17.9 Å². The van der Waals surface area contributed by atoms with Gasteiger partial charge in [0.25, 0.3) is 17.9 Å². The molecule has 0 fully saturated rings. The SMILES string of the molecule is CC(=O)O.CC(=O)O.CC(=O)O.[AlH3].[NaH]. The first-order chi connectivity index (χ1) is 5.20. The maximum absolute atomic E-state index is 9.00. The fourth-order valence-corrected chi connectivity index (χ4v) is 0. The minimum absolute atomic E-state index is 0. The molecule has 0 aromatic carbocycles. The summed E-state index contributed by atoms with van der Waals surface area (Å²) in [5.74, 6) is -2.50. The molecular formula is C6H16AlNaO6. The Morgan fingerprint density at radius 1 is 0.714 bits per heavy atom. The van der Waals surface area contributed by atoms with Crippen LogP contribution in [0.4, 0.5) is 0 Å². The number of carbonyl (C=O) groups is 3. The third-order valence-corrected chi connectivity index (χ3v) is 0. The van der Waals surface area contributed by atoms with Gasteiger partial charge in [0.1, 0.15) is 0 Å². The van der Waals surface area contributed by atoms with Crippen molar-refractivity contribution >= 4 is 64.8 Å². The molecule has 0 saturated carbocycles. The first-order valence-electron chi connectivity index (χ1n) is 2.78. The predicted octanol–water partition coefficient (Wildman–Crippen LogP) is -1.56. The maximum atomic E-state index is 9.00. The van der Waals surface area contributed by atoms with Crippen LogP contribution >= 0.6 is 0 Å². The Morgan fingerprint density at radius 3 is 0.714 bits per heavy atom. The van der Waals surface area contributed by atoms with Crippen LogP contribution in [-0.2, 0) is 14.4 Å². The Morgan fingerprint density at radius 2 is 0.714 bits per heavy atom. The molecule has 0 saturated heterocycles. The van der Waals surface area contributed by atoms with Gasteiger partial charge < -0.3 is 15.3 Å². The number of hydrogen-bond acceptors (Lipinski definition) is 3. The van der Waals surface area contributed by atoms with Crippen LogP contribution in [0.5, 0.6) is 0 Å². The summed E-state index contributed by atoms with van der Waals surface area (Å²) in [7, 11) is 0. The molecular weight excluding hydrogens is 218 g/mol. The molecule has 8 heteroatoms. The Balaban J connectivity index is -0.0000000270. The molecule has 0 unspecified atom stereocenters. The number of rotatable bonds is 0. The van der Waals surface area contributed by atoms with Gasteiger partial charge in [0.15, 0.2) is 17.4 Å². The van der Waals surface area contributed by atoms with Crippen molar-refractivity contribution in [2.75, 3.05) is 0 Å². The van der Waals surface area contributed by atoms with E-state index in [1.165, 1.54) is 0 Å². The molecule has 6 nitrogen and oxygen atoms in total. The van der Waals surface area contributed by atoms with E-state index >= 15 is 0 Å². The van der Waals surface area contributed by atoms with Gasteiger partial charge in [-0.2, -0.15) is 0 Å². The number of hydrogen-bond donors (Lipinski definition) is 3. The van der Waals surface area contributed by atoms with Crippen molar-refractivity contribution in [2.24, 2.45) is 0 Å². The fourth-order valence-electron chi connectivity index (χ4n) is 0. The Labute approximate surface area is 115 Å². The Bertz CT molecular complexity index is 120. The number of carboxylic acids is 3. The Kier molecular flexibility index (Phi) is 48.2. The first kappa shape index (κ1) is 29.2. The van der Waals surface area contributed by atoms with Crippen LogP contribution in [0.1, 0.15) is 20.8 Å². The molecule has 0 radical (unpaired) electrons. The average Bonchev–Trinajstić information content (AvgIpc) is 1.54. The second-order valence-corrected chi connectivity index (χ2v) is 1.56. The number of carboxylic acid groups (broad SMARTS) is 3. The molecule has 0 aromatic heterocycles. The van der Waals surface area contributed by atoms with E-state index in [4.69, 9.17) is 29.7 Å². The van der Waals surface area contributed by atoms with Crippen LogP contribution in [0.3, 0.4) is 0 Å². The monoisotopic (exact) mass is 234 g/mol. The van der Waals surface area contributed by atoms with Crippen LogP contribution < -0.4 is 0 Å². The second-order valence-electron chi connectivity index (χ2n) is 1.56. The molecule has 0 spiro atoms. The van der Waals surface area contributed by atoms with E-state index in [2.05, 4.69) is 0 Å². The third kappa shape index (κ3) is 432000. The molecule has 0 amide bonds.